The van der Waals surface area contributed by atoms with Gasteiger partial charge in [0, 0.05) is 29.6 Å². The van der Waals surface area contributed by atoms with E-state index in [4.69, 9.17) is 9.47 Å². The third-order valence-electron chi connectivity index (χ3n) is 6.20. The summed E-state index contributed by atoms with van der Waals surface area (Å²) in [5.74, 6) is -2.43. The zero-order valence-electron chi connectivity index (χ0n) is 20.0. The molecule has 0 aliphatic rings. The van der Waals surface area contributed by atoms with Crippen LogP contribution in [0.25, 0.3) is 17.0 Å². The van der Waals surface area contributed by atoms with Crippen LogP contribution < -0.4 is 0 Å². The van der Waals surface area contributed by atoms with Gasteiger partial charge in [-0.05, 0) is 29.2 Å². The zero-order valence-corrected chi connectivity index (χ0v) is 20.0. The molecule has 5 nitrogen and oxygen atoms in total. The molecule has 35 heavy (non-hydrogen) atoms. The van der Waals surface area contributed by atoms with Crippen LogP contribution in [0.3, 0.4) is 0 Å². The van der Waals surface area contributed by atoms with Gasteiger partial charge in [-0.3, -0.25) is 9.59 Å². The smallest absolute Gasteiger partial charge is 0.320 e. The van der Waals surface area contributed by atoms with Crippen molar-refractivity contribution in [2.45, 2.75) is 18.9 Å². The number of para-hydroxylation sites is 1. The lowest BCUT2D eigenvalue weighted by Gasteiger charge is -2.18. The summed E-state index contributed by atoms with van der Waals surface area (Å²) in [6, 6.07) is 28.4. The molecule has 0 N–H and O–H groups in total. The highest BCUT2D eigenvalue weighted by Gasteiger charge is 2.32. The normalized spacial score (nSPS) is 12.2. The Labute approximate surface area is 205 Å². The van der Waals surface area contributed by atoms with Crippen LogP contribution in [0, 0.1) is 5.92 Å². The molecule has 4 rings (SSSR count). The van der Waals surface area contributed by atoms with Crippen molar-refractivity contribution in [1.82, 2.24) is 4.57 Å². The van der Waals surface area contributed by atoms with Crippen LogP contribution in [-0.2, 0) is 25.6 Å². The highest BCUT2D eigenvalue weighted by atomic mass is 16.5. The number of hydrogen-bond donors (Lipinski definition) is 0. The minimum atomic E-state index is -1.02. The van der Waals surface area contributed by atoms with Gasteiger partial charge in [-0.15, -0.1) is 0 Å². The Morgan fingerprint density at radius 2 is 1.43 bits per heavy atom. The van der Waals surface area contributed by atoms with E-state index in [2.05, 4.69) is 41.1 Å². The average Bonchev–Trinajstić information content (AvgIpc) is 3.27. The van der Waals surface area contributed by atoms with Crippen molar-refractivity contribution in [1.29, 1.82) is 0 Å². The number of benzene rings is 3. The maximum absolute atomic E-state index is 12.5. The fourth-order valence-electron chi connectivity index (χ4n) is 4.41. The molecule has 0 radical (unpaired) electrons. The highest BCUT2D eigenvalue weighted by Crippen LogP contribution is 2.34. The van der Waals surface area contributed by atoms with E-state index in [9.17, 15) is 9.59 Å². The molecule has 1 aromatic heterocycles. The van der Waals surface area contributed by atoms with Crippen molar-refractivity contribution in [3.05, 3.63) is 114 Å². The Balaban J connectivity index is 1.79. The number of aromatic nitrogens is 1. The summed E-state index contributed by atoms with van der Waals surface area (Å²) < 4.78 is 12.1. The zero-order chi connectivity index (χ0) is 24.6. The molecule has 0 fully saturated rings. The molecule has 5 heteroatoms. The van der Waals surface area contributed by atoms with E-state index < -0.39 is 17.9 Å². The number of nitrogens with zero attached hydrogens (tertiary/aromatic N) is 1. The number of rotatable bonds is 9. The van der Waals surface area contributed by atoms with E-state index in [1.165, 1.54) is 19.8 Å². The van der Waals surface area contributed by atoms with Gasteiger partial charge >= 0.3 is 11.9 Å². The van der Waals surface area contributed by atoms with Gasteiger partial charge in [0.05, 0.1) is 14.2 Å². The molecule has 1 unspecified atom stereocenters. The summed E-state index contributed by atoms with van der Waals surface area (Å²) >= 11 is 0. The van der Waals surface area contributed by atoms with E-state index in [-0.39, 0.29) is 12.3 Å². The van der Waals surface area contributed by atoms with Gasteiger partial charge in [-0.1, -0.05) is 91.0 Å². The van der Waals surface area contributed by atoms with Gasteiger partial charge in [0.2, 0.25) is 0 Å². The number of carbonyl (C=O) groups is 2. The topological polar surface area (TPSA) is 57.5 Å². The number of esters is 2. The van der Waals surface area contributed by atoms with Crippen LogP contribution in [-0.4, -0.2) is 30.7 Å². The van der Waals surface area contributed by atoms with Crippen molar-refractivity contribution in [3.63, 3.8) is 0 Å². The summed E-state index contributed by atoms with van der Waals surface area (Å²) in [6.45, 7) is 0.716. The fraction of sp³-hybridized carbons (Fsp3) is 0.200. The van der Waals surface area contributed by atoms with Crippen molar-refractivity contribution < 1.29 is 19.1 Å². The molecule has 0 saturated carbocycles. The minimum absolute atomic E-state index is 0.222. The summed E-state index contributed by atoms with van der Waals surface area (Å²) in [5, 5.41) is 1.08. The van der Waals surface area contributed by atoms with Gasteiger partial charge in [0.1, 0.15) is 0 Å². The van der Waals surface area contributed by atoms with Crippen LogP contribution in [0.4, 0.5) is 0 Å². The summed E-state index contributed by atoms with van der Waals surface area (Å²) in [4.78, 5) is 25.0. The van der Waals surface area contributed by atoms with Crippen molar-refractivity contribution in [2.24, 2.45) is 5.92 Å². The third-order valence-corrected chi connectivity index (χ3v) is 6.20. The average molecular weight is 468 g/mol. The number of carbonyl (C=O) groups excluding carboxylic acids is 2. The van der Waals surface area contributed by atoms with Gasteiger partial charge in [0.15, 0.2) is 5.92 Å². The Hall–Kier alpha value is -4.12. The summed E-state index contributed by atoms with van der Waals surface area (Å²) in [5.41, 5.74) is 4.37. The fourth-order valence-corrected chi connectivity index (χ4v) is 4.41. The van der Waals surface area contributed by atoms with Gasteiger partial charge in [-0.25, -0.2) is 0 Å². The summed E-state index contributed by atoms with van der Waals surface area (Å²) in [6.07, 6.45) is 6.45. The van der Waals surface area contributed by atoms with Gasteiger partial charge in [0.25, 0.3) is 0 Å². The number of methoxy groups -OCH3 is 2. The second-order valence-corrected chi connectivity index (χ2v) is 8.43. The van der Waals surface area contributed by atoms with Crippen LogP contribution in [0.1, 0.15) is 29.0 Å². The van der Waals surface area contributed by atoms with Gasteiger partial charge < -0.3 is 14.0 Å². The lowest BCUT2D eigenvalue weighted by molar-refractivity contribution is -0.159. The SMILES string of the molecule is COC(=O)C(CC(/C=C/c1ccccc1)c1cn(Cc2ccccc2)c2ccccc12)C(=O)OC. The molecule has 4 aromatic rings. The Morgan fingerprint density at radius 3 is 2.09 bits per heavy atom. The van der Waals surface area contributed by atoms with Crippen LogP contribution in [0.15, 0.2) is 97.2 Å². The van der Waals surface area contributed by atoms with Crippen molar-refractivity contribution in [3.8, 4) is 0 Å². The number of ether oxygens (including phenoxy) is 2. The first-order chi connectivity index (χ1) is 17.1. The molecule has 0 amide bonds. The molecule has 0 spiro atoms. The van der Waals surface area contributed by atoms with Crippen molar-refractivity contribution in [2.75, 3.05) is 14.2 Å². The minimum Gasteiger partial charge on any atom is -0.468 e. The lowest BCUT2D eigenvalue weighted by atomic mass is 9.87. The highest BCUT2D eigenvalue weighted by molar-refractivity contribution is 5.95. The maximum atomic E-state index is 12.5. The van der Waals surface area contributed by atoms with E-state index >= 15 is 0 Å². The Kier molecular flexibility index (Phi) is 7.78. The second kappa shape index (κ2) is 11.3. The molecule has 0 aliphatic heterocycles. The van der Waals surface area contributed by atoms with Crippen LogP contribution in [0.5, 0.6) is 0 Å². The van der Waals surface area contributed by atoms with E-state index in [0.29, 0.717) is 6.54 Å². The number of fused-ring (bicyclic) bond motifs is 1. The standard InChI is InChI=1S/C30H29NO4/c1-34-29(32)26(30(33)35-2)19-24(18-17-22-11-5-3-6-12-22)27-21-31(20-23-13-7-4-8-14-23)28-16-10-9-15-25(27)28/h3-18,21,24,26H,19-20H2,1-2H3/b18-17+. The second-order valence-electron chi connectivity index (χ2n) is 8.43. The van der Waals surface area contributed by atoms with Gasteiger partial charge in [-0.2, -0.15) is 0 Å². The maximum Gasteiger partial charge on any atom is 0.320 e. The predicted molar refractivity (Wildman–Crippen MR) is 138 cm³/mol. The first-order valence-corrected chi connectivity index (χ1v) is 11.6. The molecular weight excluding hydrogens is 438 g/mol. The first kappa shape index (κ1) is 24.0. The predicted octanol–water partition coefficient (Wildman–Crippen LogP) is 5.84. The molecule has 1 heterocycles. The van der Waals surface area contributed by atoms with E-state index in [1.807, 2.05) is 66.7 Å². The molecule has 0 saturated heterocycles. The van der Waals surface area contributed by atoms with E-state index in [1.54, 1.807) is 0 Å². The van der Waals surface area contributed by atoms with Crippen LogP contribution in [0.2, 0.25) is 0 Å². The lowest BCUT2D eigenvalue weighted by Crippen LogP contribution is -2.28. The molecule has 1 atom stereocenters. The summed E-state index contributed by atoms with van der Waals surface area (Å²) in [7, 11) is 2.58. The largest absolute Gasteiger partial charge is 0.468 e. The molecule has 3 aromatic carbocycles. The Morgan fingerprint density at radius 1 is 0.829 bits per heavy atom. The third kappa shape index (κ3) is 5.69. The van der Waals surface area contributed by atoms with Crippen molar-refractivity contribution >= 4 is 28.9 Å². The van der Waals surface area contributed by atoms with E-state index in [0.717, 1.165) is 22.0 Å². The number of hydrogen-bond acceptors (Lipinski definition) is 4. The monoisotopic (exact) mass is 467 g/mol. The Bertz CT molecular complexity index is 1290. The van der Waals surface area contributed by atoms with Crippen LogP contribution >= 0.6 is 0 Å². The quantitative estimate of drug-likeness (QED) is 0.229. The molecular formula is C30H29NO4. The number of allylic oxidation sites excluding steroid dienone is 1. The molecule has 178 valence electrons. The first-order valence-electron chi connectivity index (χ1n) is 11.6. The molecule has 0 aliphatic carbocycles. The molecule has 0 bridgehead atoms.